The normalized spacial score (nSPS) is 15.5. The molecule has 0 radical (unpaired) electrons. The maximum atomic E-state index is 12.6. The van der Waals surface area contributed by atoms with Crippen LogP contribution in [-0.4, -0.2) is 20.0 Å². The Hall–Kier alpha value is -3.73. The third kappa shape index (κ3) is 3.18. The number of carbonyl (C=O) groups excluding carboxylic acids is 1. The molecule has 1 atom stereocenters. The molecule has 0 bridgehead atoms. The van der Waals surface area contributed by atoms with Crippen LogP contribution in [0.4, 0.5) is 0 Å². The van der Waals surface area contributed by atoms with Crippen molar-refractivity contribution in [2.45, 2.75) is 12.5 Å². The summed E-state index contributed by atoms with van der Waals surface area (Å²) in [7, 11) is 3.24. The number of benzene rings is 3. The van der Waals surface area contributed by atoms with Crippen LogP contribution in [0.5, 0.6) is 17.2 Å². The van der Waals surface area contributed by atoms with E-state index in [0.29, 0.717) is 23.5 Å². The first-order valence-corrected chi connectivity index (χ1v) is 9.70. The van der Waals surface area contributed by atoms with Crippen molar-refractivity contribution < 1.29 is 23.4 Å². The second-order valence-corrected chi connectivity index (χ2v) is 7.23. The lowest BCUT2D eigenvalue weighted by Crippen LogP contribution is -2.20. The Kier molecular flexibility index (Phi) is 4.43. The van der Waals surface area contributed by atoms with Crippen molar-refractivity contribution in [2.24, 2.45) is 0 Å². The molecule has 0 N–H and O–H groups in total. The SMILES string of the molecule is COc1ccc(-c2cc3cc([C@H]4CC(=O)c5ccc(OC)cc5O4)ccc3o2)cc1. The molecule has 150 valence electrons. The van der Waals surface area contributed by atoms with Gasteiger partial charge in [-0.1, -0.05) is 6.07 Å². The summed E-state index contributed by atoms with van der Waals surface area (Å²) in [4.78, 5) is 12.6. The standard InChI is InChI=1S/C25H20O5/c1-27-18-6-3-15(4-7-18)23-12-17-11-16(5-10-22(17)29-23)24-14-21(26)20-9-8-19(28-2)13-25(20)30-24/h3-13,24H,14H2,1-2H3/t24-/m1/s1. The molecular formula is C25H20O5. The van der Waals surface area contributed by atoms with Crippen LogP contribution < -0.4 is 14.2 Å². The summed E-state index contributed by atoms with van der Waals surface area (Å²) in [5, 5.41) is 0.964. The fraction of sp³-hybridized carbons (Fsp3) is 0.160. The fourth-order valence-electron chi connectivity index (χ4n) is 3.78. The number of methoxy groups -OCH3 is 2. The first-order chi connectivity index (χ1) is 14.6. The van der Waals surface area contributed by atoms with Gasteiger partial charge in [0.2, 0.25) is 0 Å². The highest BCUT2D eigenvalue weighted by Gasteiger charge is 2.28. The van der Waals surface area contributed by atoms with Crippen molar-refractivity contribution in [1.29, 1.82) is 0 Å². The molecule has 0 fully saturated rings. The Morgan fingerprint density at radius 2 is 1.63 bits per heavy atom. The Morgan fingerprint density at radius 1 is 0.867 bits per heavy atom. The molecule has 0 saturated carbocycles. The third-order valence-corrected chi connectivity index (χ3v) is 5.42. The summed E-state index contributed by atoms with van der Waals surface area (Å²) in [6.45, 7) is 0. The zero-order valence-electron chi connectivity index (χ0n) is 16.7. The van der Waals surface area contributed by atoms with Gasteiger partial charge in [-0.15, -0.1) is 0 Å². The van der Waals surface area contributed by atoms with Crippen molar-refractivity contribution in [2.75, 3.05) is 14.2 Å². The van der Waals surface area contributed by atoms with E-state index in [-0.39, 0.29) is 11.9 Å². The molecule has 5 nitrogen and oxygen atoms in total. The highest BCUT2D eigenvalue weighted by molar-refractivity contribution is 6.00. The number of ether oxygens (including phenoxy) is 3. The Morgan fingerprint density at radius 3 is 2.40 bits per heavy atom. The Labute approximate surface area is 173 Å². The summed E-state index contributed by atoms with van der Waals surface area (Å²) >= 11 is 0. The van der Waals surface area contributed by atoms with E-state index in [4.69, 9.17) is 18.6 Å². The molecule has 1 aliphatic heterocycles. The lowest BCUT2D eigenvalue weighted by molar-refractivity contribution is 0.0849. The van der Waals surface area contributed by atoms with Crippen LogP contribution in [0.1, 0.15) is 28.4 Å². The van der Waals surface area contributed by atoms with Crippen molar-refractivity contribution >= 4 is 16.8 Å². The van der Waals surface area contributed by atoms with Crippen LogP contribution in [-0.2, 0) is 0 Å². The first kappa shape index (κ1) is 18.3. The minimum atomic E-state index is -0.346. The predicted molar refractivity (Wildman–Crippen MR) is 114 cm³/mol. The number of rotatable bonds is 4. The fourth-order valence-corrected chi connectivity index (χ4v) is 3.78. The summed E-state index contributed by atoms with van der Waals surface area (Å²) in [5.41, 5.74) is 3.29. The molecule has 3 aromatic carbocycles. The molecule has 1 aliphatic rings. The summed E-state index contributed by atoms with van der Waals surface area (Å²) in [5.74, 6) is 2.86. The monoisotopic (exact) mass is 400 g/mol. The quantitative estimate of drug-likeness (QED) is 0.432. The minimum absolute atomic E-state index is 0.0649. The van der Waals surface area contributed by atoms with Gasteiger partial charge in [-0.05, 0) is 60.2 Å². The van der Waals surface area contributed by atoms with Gasteiger partial charge in [-0.3, -0.25) is 4.79 Å². The number of hydrogen-bond acceptors (Lipinski definition) is 5. The van der Waals surface area contributed by atoms with Crippen molar-refractivity contribution in [1.82, 2.24) is 0 Å². The van der Waals surface area contributed by atoms with E-state index in [0.717, 1.165) is 33.6 Å². The van der Waals surface area contributed by atoms with Crippen LogP contribution >= 0.6 is 0 Å². The third-order valence-electron chi connectivity index (χ3n) is 5.42. The van der Waals surface area contributed by atoms with E-state index in [9.17, 15) is 4.79 Å². The molecule has 0 spiro atoms. The summed E-state index contributed by atoms with van der Waals surface area (Å²) < 4.78 is 22.6. The average Bonchev–Trinajstić information content (AvgIpc) is 3.22. The van der Waals surface area contributed by atoms with Gasteiger partial charge in [0.15, 0.2) is 5.78 Å². The summed E-state index contributed by atoms with van der Waals surface area (Å²) in [6.07, 6.45) is -0.0468. The number of fused-ring (bicyclic) bond motifs is 2. The predicted octanol–water partition coefficient (Wildman–Crippen LogP) is 5.82. The molecular weight excluding hydrogens is 380 g/mol. The number of hydrogen-bond donors (Lipinski definition) is 0. The van der Waals surface area contributed by atoms with Crippen LogP contribution in [0.25, 0.3) is 22.3 Å². The second-order valence-electron chi connectivity index (χ2n) is 7.23. The van der Waals surface area contributed by atoms with E-state index in [2.05, 4.69) is 0 Å². The smallest absolute Gasteiger partial charge is 0.170 e. The minimum Gasteiger partial charge on any atom is -0.497 e. The molecule has 30 heavy (non-hydrogen) atoms. The largest absolute Gasteiger partial charge is 0.497 e. The van der Waals surface area contributed by atoms with E-state index in [1.54, 1.807) is 32.4 Å². The van der Waals surface area contributed by atoms with Gasteiger partial charge in [0.1, 0.15) is 34.7 Å². The molecule has 0 saturated heterocycles. The van der Waals surface area contributed by atoms with Gasteiger partial charge in [-0.2, -0.15) is 0 Å². The van der Waals surface area contributed by atoms with Crippen molar-refractivity contribution in [3.63, 3.8) is 0 Å². The topological polar surface area (TPSA) is 57.9 Å². The van der Waals surface area contributed by atoms with Crippen LogP contribution in [0.2, 0.25) is 0 Å². The van der Waals surface area contributed by atoms with Crippen molar-refractivity contribution in [3.8, 4) is 28.6 Å². The number of Topliss-reactive ketones (excluding diaryl/α,β-unsaturated/α-hetero) is 1. The van der Waals surface area contributed by atoms with Gasteiger partial charge < -0.3 is 18.6 Å². The van der Waals surface area contributed by atoms with E-state index in [1.165, 1.54) is 0 Å². The van der Waals surface area contributed by atoms with Crippen LogP contribution in [0.15, 0.2) is 71.1 Å². The van der Waals surface area contributed by atoms with Gasteiger partial charge in [0.05, 0.1) is 26.2 Å². The maximum Gasteiger partial charge on any atom is 0.170 e. The Bertz CT molecular complexity index is 1240. The van der Waals surface area contributed by atoms with E-state index >= 15 is 0 Å². The summed E-state index contributed by atoms with van der Waals surface area (Å²) in [6, 6.07) is 20.9. The van der Waals surface area contributed by atoms with Gasteiger partial charge in [-0.25, -0.2) is 0 Å². The highest BCUT2D eigenvalue weighted by atomic mass is 16.5. The number of carbonyl (C=O) groups is 1. The number of ketones is 1. The molecule has 5 heteroatoms. The molecule has 0 amide bonds. The van der Waals surface area contributed by atoms with Gasteiger partial charge in [0.25, 0.3) is 0 Å². The molecule has 0 unspecified atom stereocenters. The van der Waals surface area contributed by atoms with Crippen LogP contribution in [0.3, 0.4) is 0 Å². The lowest BCUT2D eigenvalue weighted by Gasteiger charge is -2.25. The van der Waals surface area contributed by atoms with E-state index in [1.807, 2.05) is 48.5 Å². The maximum absolute atomic E-state index is 12.6. The molecule has 0 aliphatic carbocycles. The highest BCUT2D eigenvalue weighted by Crippen LogP contribution is 2.38. The Balaban J connectivity index is 1.47. The average molecular weight is 400 g/mol. The van der Waals surface area contributed by atoms with Crippen molar-refractivity contribution in [3.05, 3.63) is 77.9 Å². The molecule has 2 heterocycles. The second kappa shape index (κ2) is 7.26. The van der Waals surface area contributed by atoms with E-state index < -0.39 is 0 Å². The molecule has 1 aromatic heterocycles. The van der Waals surface area contributed by atoms with Crippen LogP contribution in [0, 0.1) is 0 Å². The molecule has 5 rings (SSSR count). The molecule has 4 aromatic rings. The van der Waals surface area contributed by atoms with Gasteiger partial charge in [0, 0.05) is 17.0 Å². The zero-order valence-corrected chi connectivity index (χ0v) is 16.7. The number of furan rings is 1. The zero-order chi connectivity index (χ0) is 20.7. The van der Waals surface area contributed by atoms with Gasteiger partial charge >= 0.3 is 0 Å². The lowest BCUT2D eigenvalue weighted by atomic mass is 9.95. The first-order valence-electron chi connectivity index (χ1n) is 9.70.